The molecule has 2 aromatic rings. The lowest BCUT2D eigenvalue weighted by Crippen LogP contribution is -2.30. The number of carbonyl (C=O) groups is 1. The average molecular weight is 357 g/mol. The Labute approximate surface area is 128 Å². The van der Waals surface area contributed by atoms with E-state index in [0.29, 0.717) is 5.56 Å². The number of halogens is 4. The third-order valence-electron chi connectivity index (χ3n) is 3.40. The molecule has 0 saturated carbocycles. The molecule has 2 aromatic carbocycles. The second-order valence-electron chi connectivity index (χ2n) is 5.18. The molecule has 0 fully saturated rings. The molecule has 0 spiro atoms. The van der Waals surface area contributed by atoms with Gasteiger partial charge in [0.2, 0.25) is 0 Å². The van der Waals surface area contributed by atoms with Crippen LogP contribution in [0.5, 0.6) is 0 Å². The maximum Gasteiger partial charge on any atom is 0.178 e. The minimum atomic E-state index is -1.18. The molecule has 0 aromatic heterocycles. The van der Waals surface area contributed by atoms with Gasteiger partial charge in [0.1, 0.15) is 11.6 Å². The van der Waals surface area contributed by atoms with Crippen LogP contribution in [0, 0.1) is 17.5 Å². The molecule has 0 radical (unpaired) electrons. The summed E-state index contributed by atoms with van der Waals surface area (Å²) in [5.74, 6) is -3.00. The number of hydrogen-bond donors (Lipinski definition) is 0. The van der Waals surface area contributed by atoms with Crippen molar-refractivity contribution in [2.24, 2.45) is 0 Å². The van der Waals surface area contributed by atoms with E-state index >= 15 is 0 Å². The Hall–Kier alpha value is -1.62. The second-order valence-corrected chi connectivity index (χ2v) is 6.03. The summed E-state index contributed by atoms with van der Waals surface area (Å²) in [6, 6.07) is 7.51. The highest BCUT2D eigenvalue weighted by molar-refractivity contribution is 9.10. The van der Waals surface area contributed by atoms with Crippen molar-refractivity contribution in [3.8, 4) is 0 Å². The highest BCUT2D eigenvalue weighted by Crippen LogP contribution is 2.32. The number of benzene rings is 2. The molecule has 0 amide bonds. The van der Waals surface area contributed by atoms with Crippen molar-refractivity contribution < 1.29 is 18.0 Å². The normalized spacial score (nSPS) is 11.5. The molecule has 0 N–H and O–H groups in total. The summed E-state index contributed by atoms with van der Waals surface area (Å²) in [5.41, 5.74) is -1.30. The van der Waals surface area contributed by atoms with Crippen LogP contribution in [0.15, 0.2) is 40.9 Å². The van der Waals surface area contributed by atoms with E-state index < -0.39 is 34.2 Å². The van der Waals surface area contributed by atoms with Gasteiger partial charge in [-0.05, 0) is 59.6 Å². The minimum Gasteiger partial charge on any atom is -0.293 e. The lowest BCUT2D eigenvalue weighted by atomic mass is 9.78. The van der Waals surface area contributed by atoms with Crippen LogP contribution >= 0.6 is 15.9 Å². The fourth-order valence-electron chi connectivity index (χ4n) is 2.05. The SMILES string of the molecule is CC(C)(C(=O)c1c(F)ccc(Br)c1F)c1ccc(F)cc1. The van der Waals surface area contributed by atoms with Crippen molar-refractivity contribution in [3.63, 3.8) is 0 Å². The van der Waals surface area contributed by atoms with E-state index in [1.807, 2.05) is 0 Å². The van der Waals surface area contributed by atoms with E-state index in [2.05, 4.69) is 15.9 Å². The number of hydrogen-bond acceptors (Lipinski definition) is 1. The zero-order chi connectivity index (χ0) is 15.8. The Balaban J connectivity index is 2.53. The van der Waals surface area contributed by atoms with Crippen LogP contribution < -0.4 is 0 Å². The monoisotopic (exact) mass is 356 g/mol. The van der Waals surface area contributed by atoms with Gasteiger partial charge < -0.3 is 0 Å². The van der Waals surface area contributed by atoms with Crippen LogP contribution in [0.3, 0.4) is 0 Å². The third kappa shape index (κ3) is 2.88. The zero-order valence-electron chi connectivity index (χ0n) is 11.4. The maximum atomic E-state index is 14.1. The summed E-state index contributed by atoms with van der Waals surface area (Å²) >= 11 is 2.94. The van der Waals surface area contributed by atoms with Crippen LogP contribution in [0.1, 0.15) is 29.8 Å². The average Bonchev–Trinajstić information content (AvgIpc) is 2.43. The standard InChI is InChI=1S/C16H12BrF3O/c1-16(2,9-3-5-10(18)6-4-9)15(21)13-12(19)8-7-11(17)14(13)20/h3-8H,1-2H3. The molecular formula is C16H12BrF3O. The fourth-order valence-corrected chi connectivity index (χ4v) is 2.38. The number of carbonyl (C=O) groups excluding carboxylic acids is 1. The lowest BCUT2D eigenvalue weighted by Gasteiger charge is -2.24. The predicted octanol–water partition coefficient (Wildman–Crippen LogP) is 5.03. The Bertz CT molecular complexity index is 693. The molecular weight excluding hydrogens is 345 g/mol. The fraction of sp³-hybridized carbons (Fsp3) is 0.188. The first-order valence-electron chi connectivity index (χ1n) is 6.19. The van der Waals surface area contributed by atoms with Crippen molar-refractivity contribution in [1.29, 1.82) is 0 Å². The first-order chi connectivity index (χ1) is 9.75. The third-order valence-corrected chi connectivity index (χ3v) is 4.02. The Kier molecular flexibility index (Phi) is 4.23. The Morgan fingerprint density at radius 1 is 1.00 bits per heavy atom. The second kappa shape index (κ2) is 5.64. The van der Waals surface area contributed by atoms with Gasteiger partial charge in [0, 0.05) is 0 Å². The first-order valence-corrected chi connectivity index (χ1v) is 6.99. The van der Waals surface area contributed by atoms with Crippen molar-refractivity contribution in [3.05, 3.63) is 69.4 Å². The van der Waals surface area contributed by atoms with Gasteiger partial charge in [-0.2, -0.15) is 0 Å². The van der Waals surface area contributed by atoms with Gasteiger partial charge in [-0.1, -0.05) is 12.1 Å². The van der Waals surface area contributed by atoms with Crippen molar-refractivity contribution in [2.45, 2.75) is 19.3 Å². The van der Waals surface area contributed by atoms with Gasteiger partial charge in [-0.15, -0.1) is 0 Å². The molecule has 0 unspecified atom stereocenters. The van der Waals surface area contributed by atoms with Crippen molar-refractivity contribution in [1.82, 2.24) is 0 Å². The predicted molar refractivity (Wildman–Crippen MR) is 77.8 cm³/mol. The Morgan fingerprint density at radius 3 is 2.14 bits per heavy atom. The summed E-state index contributed by atoms with van der Waals surface area (Å²) in [5, 5.41) is 0. The van der Waals surface area contributed by atoms with E-state index in [1.54, 1.807) is 13.8 Å². The number of rotatable bonds is 3. The molecule has 0 heterocycles. The Morgan fingerprint density at radius 2 is 1.57 bits per heavy atom. The molecule has 5 heteroatoms. The van der Waals surface area contributed by atoms with E-state index in [0.717, 1.165) is 6.07 Å². The molecule has 0 saturated heterocycles. The van der Waals surface area contributed by atoms with E-state index in [1.165, 1.54) is 30.3 Å². The molecule has 0 bridgehead atoms. The summed E-state index contributed by atoms with van der Waals surface area (Å²) in [6.07, 6.45) is 0. The molecule has 0 atom stereocenters. The van der Waals surface area contributed by atoms with Crippen molar-refractivity contribution >= 4 is 21.7 Å². The molecule has 1 nitrogen and oxygen atoms in total. The van der Waals surface area contributed by atoms with E-state index in [9.17, 15) is 18.0 Å². The van der Waals surface area contributed by atoms with E-state index in [4.69, 9.17) is 0 Å². The molecule has 0 aliphatic carbocycles. The van der Waals surface area contributed by atoms with Gasteiger partial charge >= 0.3 is 0 Å². The first kappa shape index (κ1) is 15.8. The summed E-state index contributed by atoms with van der Waals surface area (Å²) in [6.45, 7) is 3.09. The zero-order valence-corrected chi connectivity index (χ0v) is 13.0. The smallest absolute Gasteiger partial charge is 0.178 e. The highest BCUT2D eigenvalue weighted by atomic mass is 79.9. The van der Waals surface area contributed by atoms with Crippen LogP contribution in [0.25, 0.3) is 0 Å². The van der Waals surface area contributed by atoms with Gasteiger partial charge in [-0.3, -0.25) is 4.79 Å². The summed E-state index contributed by atoms with van der Waals surface area (Å²) in [4.78, 5) is 12.6. The minimum absolute atomic E-state index is 0.0159. The van der Waals surface area contributed by atoms with Crippen LogP contribution in [0.4, 0.5) is 13.2 Å². The molecule has 2 rings (SSSR count). The topological polar surface area (TPSA) is 17.1 Å². The molecule has 21 heavy (non-hydrogen) atoms. The quantitative estimate of drug-likeness (QED) is 0.557. The largest absolute Gasteiger partial charge is 0.293 e. The number of Topliss-reactive ketones (excluding diaryl/α,β-unsaturated/α-hetero) is 1. The van der Waals surface area contributed by atoms with Gasteiger partial charge in [-0.25, -0.2) is 13.2 Å². The van der Waals surface area contributed by atoms with Gasteiger partial charge in [0.05, 0.1) is 15.5 Å². The lowest BCUT2D eigenvalue weighted by molar-refractivity contribution is 0.0899. The van der Waals surface area contributed by atoms with Crippen LogP contribution in [-0.2, 0) is 5.41 Å². The highest BCUT2D eigenvalue weighted by Gasteiger charge is 2.34. The van der Waals surface area contributed by atoms with Crippen molar-refractivity contribution in [2.75, 3.05) is 0 Å². The molecule has 0 aliphatic heterocycles. The van der Waals surface area contributed by atoms with Crippen LogP contribution in [-0.4, -0.2) is 5.78 Å². The molecule has 0 aliphatic rings. The van der Waals surface area contributed by atoms with Gasteiger partial charge in [0.25, 0.3) is 0 Å². The summed E-state index contributed by atoms with van der Waals surface area (Å²) < 4.78 is 40.9. The molecule has 110 valence electrons. The van der Waals surface area contributed by atoms with E-state index in [-0.39, 0.29) is 4.47 Å². The van der Waals surface area contributed by atoms with Crippen LogP contribution in [0.2, 0.25) is 0 Å². The van der Waals surface area contributed by atoms with Gasteiger partial charge in [0.15, 0.2) is 11.6 Å². The summed E-state index contributed by atoms with van der Waals surface area (Å²) in [7, 11) is 0. The maximum absolute atomic E-state index is 14.1. The number of ketones is 1.